The van der Waals surface area contributed by atoms with Crippen molar-refractivity contribution in [2.75, 3.05) is 13.2 Å². The lowest BCUT2D eigenvalue weighted by atomic mass is 10.0. The van der Waals surface area contributed by atoms with Gasteiger partial charge in [0.15, 0.2) is 0 Å². The number of nitrogens with one attached hydrogen (secondary N) is 1. The molecule has 4 rings (SSSR count). The first-order valence-electron chi connectivity index (χ1n) is 9.81. The van der Waals surface area contributed by atoms with Gasteiger partial charge < -0.3 is 14.8 Å². The van der Waals surface area contributed by atoms with Crippen LogP contribution in [0.15, 0.2) is 60.7 Å². The SMILES string of the molecule is Cc1ccccc1COc1ccc2ccccc2c1CNC[C@@H]1CCCO1. The monoisotopic (exact) mass is 361 g/mol. The average Bonchev–Trinajstić information content (AvgIpc) is 3.21. The number of aryl methyl sites for hydroxylation is 1. The zero-order chi connectivity index (χ0) is 18.5. The van der Waals surface area contributed by atoms with Crippen LogP contribution in [0.1, 0.15) is 29.5 Å². The van der Waals surface area contributed by atoms with Crippen LogP contribution >= 0.6 is 0 Å². The summed E-state index contributed by atoms with van der Waals surface area (Å²) in [6, 6.07) is 21.1. The van der Waals surface area contributed by atoms with Gasteiger partial charge in [0.25, 0.3) is 0 Å². The van der Waals surface area contributed by atoms with Gasteiger partial charge in [0.1, 0.15) is 12.4 Å². The molecule has 1 atom stereocenters. The summed E-state index contributed by atoms with van der Waals surface area (Å²) in [6.07, 6.45) is 2.67. The molecule has 3 heteroatoms. The third-order valence-electron chi connectivity index (χ3n) is 5.34. The quantitative estimate of drug-likeness (QED) is 0.643. The molecule has 3 nitrogen and oxygen atoms in total. The number of benzene rings is 3. The van der Waals surface area contributed by atoms with Crippen molar-refractivity contribution in [2.24, 2.45) is 0 Å². The Balaban J connectivity index is 1.54. The van der Waals surface area contributed by atoms with Gasteiger partial charge in [-0.1, -0.05) is 54.6 Å². The Labute approximate surface area is 161 Å². The predicted molar refractivity (Wildman–Crippen MR) is 110 cm³/mol. The highest BCUT2D eigenvalue weighted by atomic mass is 16.5. The number of ether oxygens (including phenoxy) is 2. The van der Waals surface area contributed by atoms with E-state index in [1.54, 1.807) is 0 Å². The van der Waals surface area contributed by atoms with E-state index < -0.39 is 0 Å². The lowest BCUT2D eigenvalue weighted by Crippen LogP contribution is -2.26. The van der Waals surface area contributed by atoms with E-state index in [1.165, 1.54) is 33.9 Å². The minimum absolute atomic E-state index is 0.344. The summed E-state index contributed by atoms with van der Waals surface area (Å²) in [7, 11) is 0. The highest BCUT2D eigenvalue weighted by Gasteiger charge is 2.16. The van der Waals surface area contributed by atoms with E-state index in [9.17, 15) is 0 Å². The van der Waals surface area contributed by atoms with Gasteiger partial charge in [0.05, 0.1) is 6.10 Å². The molecule has 0 amide bonds. The molecule has 3 aromatic carbocycles. The fraction of sp³-hybridized carbons (Fsp3) is 0.333. The maximum Gasteiger partial charge on any atom is 0.124 e. The first-order chi connectivity index (χ1) is 13.3. The molecule has 0 spiro atoms. The maximum atomic E-state index is 6.26. The van der Waals surface area contributed by atoms with E-state index in [4.69, 9.17) is 9.47 Å². The Morgan fingerprint density at radius 2 is 1.89 bits per heavy atom. The van der Waals surface area contributed by atoms with Gasteiger partial charge in [0, 0.05) is 25.3 Å². The van der Waals surface area contributed by atoms with E-state index >= 15 is 0 Å². The molecule has 0 saturated carbocycles. The first kappa shape index (κ1) is 18.0. The smallest absolute Gasteiger partial charge is 0.124 e. The van der Waals surface area contributed by atoms with Crippen molar-refractivity contribution >= 4 is 10.8 Å². The van der Waals surface area contributed by atoms with Crippen molar-refractivity contribution in [1.82, 2.24) is 5.32 Å². The van der Waals surface area contributed by atoms with Gasteiger partial charge >= 0.3 is 0 Å². The molecule has 0 bridgehead atoms. The number of hydrogen-bond donors (Lipinski definition) is 1. The van der Waals surface area contributed by atoms with Gasteiger partial charge in [-0.3, -0.25) is 0 Å². The minimum Gasteiger partial charge on any atom is -0.489 e. The third-order valence-corrected chi connectivity index (χ3v) is 5.34. The standard InChI is InChI=1S/C24H27NO2/c1-18-7-2-3-9-20(18)17-27-24-13-12-19-8-4-5-11-22(19)23(24)16-25-15-21-10-6-14-26-21/h2-5,7-9,11-13,21,25H,6,10,14-17H2,1H3/t21-/m0/s1. The van der Waals surface area contributed by atoms with Crippen LogP contribution in [0.25, 0.3) is 10.8 Å². The van der Waals surface area contributed by atoms with Gasteiger partial charge in [-0.2, -0.15) is 0 Å². The summed E-state index contributed by atoms with van der Waals surface area (Å²) in [5.41, 5.74) is 3.71. The van der Waals surface area contributed by atoms with Crippen molar-refractivity contribution in [3.8, 4) is 5.75 Å². The van der Waals surface area contributed by atoms with Crippen molar-refractivity contribution in [3.05, 3.63) is 77.4 Å². The average molecular weight is 361 g/mol. The molecule has 0 aliphatic carbocycles. The minimum atomic E-state index is 0.344. The molecule has 27 heavy (non-hydrogen) atoms. The topological polar surface area (TPSA) is 30.5 Å². The summed E-state index contributed by atoms with van der Waals surface area (Å²) in [5.74, 6) is 0.955. The Kier molecular flexibility index (Phi) is 5.71. The summed E-state index contributed by atoms with van der Waals surface area (Å²) in [5, 5.41) is 6.08. The molecule has 0 unspecified atom stereocenters. The molecule has 0 aromatic heterocycles. The number of fused-ring (bicyclic) bond motifs is 1. The Hall–Kier alpha value is -2.36. The number of hydrogen-bond acceptors (Lipinski definition) is 3. The number of rotatable bonds is 7. The molecule has 1 saturated heterocycles. The lowest BCUT2D eigenvalue weighted by molar-refractivity contribution is 0.110. The van der Waals surface area contributed by atoms with Crippen molar-refractivity contribution in [2.45, 2.75) is 39.0 Å². The summed E-state index contributed by atoms with van der Waals surface area (Å²) >= 11 is 0. The maximum absolute atomic E-state index is 6.26. The highest BCUT2D eigenvalue weighted by molar-refractivity contribution is 5.87. The zero-order valence-electron chi connectivity index (χ0n) is 15.9. The summed E-state index contributed by atoms with van der Waals surface area (Å²) in [6.45, 7) is 5.28. The fourth-order valence-electron chi connectivity index (χ4n) is 3.72. The van der Waals surface area contributed by atoms with E-state index in [-0.39, 0.29) is 0 Å². The van der Waals surface area contributed by atoms with E-state index in [0.717, 1.165) is 31.9 Å². The van der Waals surface area contributed by atoms with Crippen LogP contribution in [0.2, 0.25) is 0 Å². The molecule has 140 valence electrons. The fourth-order valence-corrected chi connectivity index (χ4v) is 3.72. The van der Waals surface area contributed by atoms with Gasteiger partial charge in [-0.05, 0) is 47.7 Å². The second kappa shape index (κ2) is 8.55. The van der Waals surface area contributed by atoms with Crippen LogP contribution in [0.4, 0.5) is 0 Å². The lowest BCUT2D eigenvalue weighted by Gasteiger charge is -2.17. The van der Waals surface area contributed by atoms with E-state index in [1.807, 2.05) is 0 Å². The summed E-state index contributed by atoms with van der Waals surface area (Å²) in [4.78, 5) is 0. The second-order valence-electron chi connectivity index (χ2n) is 7.24. The predicted octanol–water partition coefficient (Wildman–Crippen LogP) is 5.00. The largest absolute Gasteiger partial charge is 0.489 e. The first-order valence-corrected chi connectivity index (χ1v) is 9.81. The highest BCUT2D eigenvalue weighted by Crippen LogP contribution is 2.29. The van der Waals surface area contributed by atoms with E-state index in [0.29, 0.717) is 12.7 Å². The third kappa shape index (κ3) is 4.32. The second-order valence-corrected chi connectivity index (χ2v) is 7.24. The van der Waals surface area contributed by atoms with E-state index in [2.05, 4.69) is 72.9 Å². The molecule has 1 aliphatic heterocycles. The van der Waals surface area contributed by atoms with Crippen LogP contribution in [0, 0.1) is 6.92 Å². The van der Waals surface area contributed by atoms with Crippen molar-refractivity contribution < 1.29 is 9.47 Å². The molecule has 1 N–H and O–H groups in total. The molecular formula is C24H27NO2. The molecule has 1 heterocycles. The molecular weight excluding hydrogens is 334 g/mol. The Morgan fingerprint density at radius 1 is 1.04 bits per heavy atom. The molecule has 3 aromatic rings. The van der Waals surface area contributed by atoms with Crippen LogP contribution in [0.3, 0.4) is 0 Å². The van der Waals surface area contributed by atoms with Gasteiger partial charge in [-0.25, -0.2) is 0 Å². The molecule has 0 radical (unpaired) electrons. The van der Waals surface area contributed by atoms with Gasteiger partial charge in [0.2, 0.25) is 0 Å². The van der Waals surface area contributed by atoms with Crippen LogP contribution in [-0.2, 0) is 17.9 Å². The van der Waals surface area contributed by atoms with Crippen molar-refractivity contribution in [3.63, 3.8) is 0 Å². The van der Waals surface area contributed by atoms with Gasteiger partial charge in [-0.15, -0.1) is 0 Å². The van der Waals surface area contributed by atoms with Crippen molar-refractivity contribution in [1.29, 1.82) is 0 Å². The van der Waals surface area contributed by atoms with Crippen LogP contribution < -0.4 is 10.1 Å². The molecule has 1 aliphatic rings. The Morgan fingerprint density at radius 3 is 2.74 bits per heavy atom. The summed E-state index contributed by atoms with van der Waals surface area (Å²) < 4.78 is 12.0. The Bertz CT molecular complexity index is 900. The normalized spacial score (nSPS) is 16.7. The van der Waals surface area contributed by atoms with Crippen LogP contribution in [-0.4, -0.2) is 19.3 Å². The molecule has 1 fully saturated rings. The van der Waals surface area contributed by atoms with Crippen LogP contribution in [0.5, 0.6) is 5.75 Å². The zero-order valence-corrected chi connectivity index (χ0v) is 15.9.